The lowest BCUT2D eigenvalue weighted by molar-refractivity contribution is -0.274. The van der Waals surface area contributed by atoms with Crippen LogP contribution in [-0.4, -0.2) is 31.9 Å². The first kappa shape index (κ1) is 25.3. The molecule has 0 aliphatic carbocycles. The van der Waals surface area contributed by atoms with Gasteiger partial charge in [-0.1, -0.05) is 30.7 Å². The molecule has 4 rings (SSSR count). The number of fused-ring (bicyclic) bond motifs is 1. The highest BCUT2D eigenvalue weighted by molar-refractivity contribution is 6.31. The Labute approximate surface area is 206 Å². The summed E-state index contributed by atoms with van der Waals surface area (Å²) in [4.78, 5) is 26.6. The van der Waals surface area contributed by atoms with Gasteiger partial charge in [0.25, 0.3) is 0 Å². The van der Waals surface area contributed by atoms with Gasteiger partial charge in [0, 0.05) is 30.3 Å². The second kappa shape index (κ2) is 8.99. The Morgan fingerprint density at radius 1 is 1.17 bits per heavy atom. The molecule has 0 bridgehead atoms. The van der Waals surface area contributed by atoms with Gasteiger partial charge in [0.2, 0.25) is 5.88 Å². The molecule has 0 aliphatic heterocycles. The molecule has 2 heterocycles. The molecule has 0 fully saturated rings. The topological polar surface area (TPSA) is 115 Å². The van der Waals surface area contributed by atoms with Gasteiger partial charge in [0.1, 0.15) is 5.75 Å². The van der Waals surface area contributed by atoms with E-state index in [1.807, 2.05) is 0 Å². The number of aryl methyl sites for hydroxylation is 1. The number of halogens is 4. The van der Waals surface area contributed by atoms with Gasteiger partial charge >= 0.3 is 17.9 Å². The largest absolute Gasteiger partial charge is 0.478 e. The average molecular weight is 523 g/mol. The molecule has 2 unspecified atom stereocenters. The highest BCUT2D eigenvalue weighted by Gasteiger charge is 2.59. The number of hydrogen-bond donors (Lipinski definition) is 2. The van der Waals surface area contributed by atoms with Gasteiger partial charge in [-0.3, -0.25) is 4.57 Å². The van der Waals surface area contributed by atoms with Crippen molar-refractivity contribution in [2.75, 3.05) is 0 Å². The molecule has 8 nitrogen and oxygen atoms in total. The minimum Gasteiger partial charge on any atom is -0.478 e. The lowest BCUT2D eigenvalue weighted by atomic mass is 9.77. The predicted octanol–water partition coefficient (Wildman–Crippen LogP) is 5.22. The van der Waals surface area contributed by atoms with E-state index in [-0.39, 0.29) is 38.9 Å². The number of benzene rings is 2. The van der Waals surface area contributed by atoms with Crippen LogP contribution >= 0.6 is 11.6 Å². The fraction of sp³-hybridized carbons (Fsp3) is 0.208. The van der Waals surface area contributed by atoms with Gasteiger partial charge in [0.15, 0.2) is 11.2 Å². The first-order valence-electron chi connectivity index (χ1n) is 10.4. The van der Waals surface area contributed by atoms with E-state index < -0.39 is 35.0 Å². The Hall–Kier alpha value is -3.83. The Balaban J connectivity index is 1.70. The zero-order chi connectivity index (χ0) is 26.4. The Bertz CT molecular complexity index is 1510. The summed E-state index contributed by atoms with van der Waals surface area (Å²) in [5, 5.41) is 19.9. The molecule has 36 heavy (non-hydrogen) atoms. The van der Waals surface area contributed by atoms with Crippen molar-refractivity contribution in [2.24, 2.45) is 7.05 Å². The lowest BCUT2D eigenvalue weighted by Crippen LogP contribution is -2.46. The fourth-order valence-electron chi connectivity index (χ4n) is 3.86. The molecule has 12 heteroatoms. The number of alkyl halides is 3. The zero-order valence-electron chi connectivity index (χ0n) is 18.7. The van der Waals surface area contributed by atoms with Crippen molar-refractivity contribution in [3.63, 3.8) is 0 Å². The SMILES string of the molecule is CC(c1ccc(Oc2ccc(C(=O)O)cn2)cc1Cl)C(O)(c1ccc2oc(=O)n(C)c2c1)C(F)(F)F. The molecule has 0 aliphatic rings. The van der Waals surface area contributed by atoms with E-state index in [0.717, 1.165) is 22.9 Å². The lowest BCUT2D eigenvalue weighted by Gasteiger charge is -2.37. The van der Waals surface area contributed by atoms with E-state index in [9.17, 15) is 27.9 Å². The number of carbonyl (C=O) groups is 1. The van der Waals surface area contributed by atoms with Crippen molar-refractivity contribution in [3.05, 3.63) is 87.0 Å². The molecule has 0 radical (unpaired) electrons. The molecule has 2 N–H and O–H groups in total. The Morgan fingerprint density at radius 3 is 2.47 bits per heavy atom. The first-order valence-corrected chi connectivity index (χ1v) is 10.8. The monoisotopic (exact) mass is 522 g/mol. The van der Waals surface area contributed by atoms with Crippen molar-refractivity contribution in [1.82, 2.24) is 9.55 Å². The van der Waals surface area contributed by atoms with Crippen LogP contribution in [0.4, 0.5) is 13.2 Å². The molecule has 2 atom stereocenters. The maximum atomic E-state index is 14.4. The molecule has 0 amide bonds. The maximum absolute atomic E-state index is 14.4. The van der Waals surface area contributed by atoms with E-state index in [0.29, 0.717) is 0 Å². The summed E-state index contributed by atoms with van der Waals surface area (Å²) >= 11 is 6.31. The van der Waals surface area contributed by atoms with Crippen LogP contribution < -0.4 is 10.5 Å². The number of aromatic nitrogens is 2. The number of carboxylic acids is 1. The van der Waals surface area contributed by atoms with Crippen LogP contribution in [0, 0.1) is 0 Å². The van der Waals surface area contributed by atoms with Gasteiger partial charge in [0.05, 0.1) is 11.1 Å². The number of hydrogen-bond acceptors (Lipinski definition) is 6. The van der Waals surface area contributed by atoms with Crippen molar-refractivity contribution < 1.29 is 37.3 Å². The first-order chi connectivity index (χ1) is 16.8. The third kappa shape index (κ3) is 4.31. The smallest absolute Gasteiger partial charge is 0.422 e. The number of aromatic carboxylic acids is 1. The van der Waals surface area contributed by atoms with Gasteiger partial charge in [-0.25, -0.2) is 14.6 Å². The van der Waals surface area contributed by atoms with Crippen molar-refractivity contribution in [1.29, 1.82) is 0 Å². The van der Waals surface area contributed by atoms with Gasteiger partial charge < -0.3 is 19.4 Å². The third-order valence-corrected chi connectivity index (χ3v) is 6.26. The molecule has 188 valence electrons. The van der Waals surface area contributed by atoms with Crippen LogP contribution in [0.25, 0.3) is 11.1 Å². The number of carboxylic acid groups (broad SMARTS) is 1. The quantitative estimate of drug-likeness (QED) is 0.356. The summed E-state index contributed by atoms with van der Waals surface area (Å²) in [5.74, 6) is -3.31. The number of rotatable bonds is 6. The summed E-state index contributed by atoms with van der Waals surface area (Å²) in [6.45, 7) is 1.18. The second-order valence-corrected chi connectivity index (χ2v) is 8.48. The maximum Gasteiger partial charge on any atom is 0.422 e. The van der Waals surface area contributed by atoms with Crippen LogP contribution in [0.2, 0.25) is 5.02 Å². The summed E-state index contributed by atoms with van der Waals surface area (Å²) < 4.78 is 54.6. The molecule has 4 aromatic rings. The van der Waals surface area contributed by atoms with Gasteiger partial charge in [-0.05, 0) is 41.5 Å². The summed E-state index contributed by atoms with van der Waals surface area (Å²) in [6, 6.07) is 9.79. The molecule has 0 spiro atoms. The number of ether oxygens (including phenoxy) is 1. The summed E-state index contributed by atoms with van der Waals surface area (Å²) in [6.07, 6.45) is -4.02. The van der Waals surface area contributed by atoms with E-state index in [4.69, 9.17) is 25.9 Å². The van der Waals surface area contributed by atoms with Crippen LogP contribution in [0.1, 0.15) is 34.3 Å². The Morgan fingerprint density at radius 2 is 1.89 bits per heavy atom. The van der Waals surface area contributed by atoms with Crippen LogP contribution in [-0.2, 0) is 12.6 Å². The number of nitrogens with zero attached hydrogens (tertiary/aromatic N) is 2. The number of pyridine rings is 1. The molecule has 0 saturated carbocycles. The minimum absolute atomic E-state index is 0.0146. The number of aliphatic hydroxyl groups is 1. The zero-order valence-corrected chi connectivity index (χ0v) is 19.5. The summed E-state index contributed by atoms with van der Waals surface area (Å²) in [7, 11) is 1.34. The second-order valence-electron chi connectivity index (χ2n) is 8.07. The van der Waals surface area contributed by atoms with Crippen LogP contribution in [0.5, 0.6) is 11.6 Å². The minimum atomic E-state index is -5.11. The van der Waals surface area contributed by atoms with Gasteiger partial charge in [-0.15, -0.1) is 0 Å². The molecule has 0 saturated heterocycles. The van der Waals surface area contributed by atoms with E-state index >= 15 is 0 Å². The number of oxazole rings is 1. The van der Waals surface area contributed by atoms with Crippen molar-refractivity contribution in [2.45, 2.75) is 24.6 Å². The van der Waals surface area contributed by atoms with Gasteiger partial charge in [-0.2, -0.15) is 13.2 Å². The average Bonchev–Trinajstić information content (AvgIpc) is 3.10. The normalized spacial score (nSPS) is 14.4. The summed E-state index contributed by atoms with van der Waals surface area (Å²) in [5.41, 5.74) is -3.76. The highest BCUT2D eigenvalue weighted by atomic mass is 35.5. The standard InChI is InChI=1S/C24H18ClF3N2O6/c1-12(16-6-5-15(10-17(16)25)35-20-8-3-13(11-29-20)21(31)32)23(34,24(26,27)28)14-4-7-19-18(9-14)30(2)22(33)36-19/h3-12,34H,1-2H3,(H,31,32). The predicted molar refractivity (Wildman–Crippen MR) is 123 cm³/mol. The van der Waals surface area contributed by atoms with E-state index in [2.05, 4.69) is 4.98 Å². The van der Waals surface area contributed by atoms with Crippen LogP contribution in [0.15, 0.2) is 63.9 Å². The van der Waals surface area contributed by atoms with E-state index in [1.54, 1.807) is 0 Å². The van der Waals surface area contributed by atoms with Crippen LogP contribution in [0.3, 0.4) is 0 Å². The molecular formula is C24H18ClF3N2O6. The fourth-order valence-corrected chi connectivity index (χ4v) is 4.19. The third-order valence-electron chi connectivity index (χ3n) is 5.93. The molecule has 2 aromatic carbocycles. The molecule has 2 aromatic heterocycles. The molecular weight excluding hydrogens is 505 g/mol. The highest BCUT2D eigenvalue weighted by Crippen LogP contribution is 2.50. The van der Waals surface area contributed by atoms with Crippen molar-refractivity contribution >= 4 is 28.7 Å². The van der Waals surface area contributed by atoms with Crippen molar-refractivity contribution in [3.8, 4) is 11.6 Å². The Kier molecular flexibility index (Phi) is 6.31. The van der Waals surface area contributed by atoms with E-state index in [1.165, 1.54) is 50.4 Å².